The van der Waals surface area contributed by atoms with Gasteiger partial charge in [0, 0.05) is 44.2 Å². The van der Waals surface area contributed by atoms with Gasteiger partial charge in [-0.2, -0.15) is 0 Å². The molecule has 5 nitrogen and oxygen atoms in total. The van der Waals surface area contributed by atoms with Crippen LogP contribution < -0.4 is 5.73 Å². The Labute approximate surface area is 99.7 Å². The Balaban J connectivity index is 2.39. The van der Waals surface area contributed by atoms with E-state index in [1.165, 1.54) is 4.88 Å². The third-order valence-corrected chi connectivity index (χ3v) is 2.94. The molecule has 1 aromatic heterocycles. The van der Waals surface area contributed by atoms with E-state index >= 15 is 0 Å². The molecule has 1 rings (SSSR count). The standard InChI is InChI=1S/C10H18N4OS/c1-15-5-4-14(3-2-10(11)12)7-9-6-13-8-16-9/h6,8H,2-5,7H2,1H3,(H3,11,12). The lowest BCUT2D eigenvalue weighted by Gasteiger charge is -2.20. The molecule has 0 amide bonds. The Morgan fingerprint density at radius 2 is 2.44 bits per heavy atom. The number of hydrogen-bond acceptors (Lipinski definition) is 5. The van der Waals surface area contributed by atoms with E-state index in [2.05, 4.69) is 9.88 Å². The zero-order valence-electron chi connectivity index (χ0n) is 9.48. The van der Waals surface area contributed by atoms with Crippen LogP contribution in [0.1, 0.15) is 11.3 Å². The van der Waals surface area contributed by atoms with Crippen molar-refractivity contribution in [3.05, 3.63) is 16.6 Å². The van der Waals surface area contributed by atoms with Crippen molar-refractivity contribution in [3.8, 4) is 0 Å². The molecule has 0 aliphatic rings. The average molecular weight is 242 g/mol. The van der Waals surface area contributed by atoms with Crippen molar-refractivity contribution in [2.45, 2.75) is 13.0 Å². The number of thiazole rings is 1. The molecule has 1 aromatic rings. The summed E-state index contributed by atoms with van der Waals surface area (Å²) in [6, 6.07) is 0. The maximum absolute atomic E-state index is 7.22. The number of aromatic nitrogens is 1. The molecule has 6 heteroatoms. The van der Waals surface area contributed by atoms with Crippen molar-refractivity contribution in [1.82, 2.24) is 9.88 Å². The Kier molecular flexibility index (Phi) is 5.99. The van der Waals surface area contributed by atoms with Crippen LogP contribution in [0, 0.1) is 5.41 Å². The van der Waals surface area contributed by atoms with Crippen LogP contribution in [-0.2, 0) is 11.3 Å². The molecule has 0 saturated heterocycles. The topological polar surface area (TPSA) is 75.2 Å². The summed E-state index contributed by atoms with van der Waals surface area (Å²) < 4.78 is 5.06. The van der Waals surface area contributed by atoms with Gasteiger partial charge in [0.25, 0.3) is 0 Å². The molecular weight excluding hydrogens is 224 g/mol. The maximum atomic E-state index is 7.22. The second-order valence-corrected chi connectivity index (χ2v) is 4.48. The summed E-state index contributed by atoms with van der Waals surface area (Å²) >= 11 is 1.64. The number of hydrogen-bond donors (Lipinski definition) is 2. The van der Waals surface area contributed by atoms with Gasteiger partial charge in [0.15, 0.2) is 0 Å². The number of amidine groups is 1. The molecule has 0 spiro atoms. The number of nitrogens with one attached hydrogen (secondary N) is 1. The van der Waals surface area contributed by atoms with Crippen molar-refractivity contribution in [3.63, 3.8) is 0 Å². The molecule has 0 atom stereocenters. The lowest BCUT2D eigenvalue weighted by molar-refractivity contribution is 0.146. The van der Waals surface area contributed by atoms with Crippen LogP contribution in [0.3, 0.4) is 0 Å². The van der Waals surface area contributed by atoms with Crippen LogP contribution in [0.2, 0.25) is 0 Å². The van der Waals surface area contributed by atoms with Crippen molar-refractivity contribution in [2.24, 2.45) is 5.73 Å². The number of nitrogens with zero attached hydrogens (tertiary/aromatic N) is 2. The second-order valence-electron chi connectivity index (χ2n) is 3.51. The van der Waals surface area contributed by atoms with E-state index in [1.54, 1.807) is 18.4 Å². The predicted molar refractivity (Wildman–Crippen MR) is 65.8 cm³/mol. The SMILES string of the molecule is COCCN(CCC(=N)N)Cc1cncs1. The zero-order valence-corrected chi connectivity index (χ0v) is 10.3. The van der Waals surface area contributed by atoms with Crippen molar-refractivity contribution in [2.75, 3.05) is 26.8 Å². The summed E-state index contributed by atoms with van der Waals surface area (Å²) in [5, 5.41) is 7.22. The Bertz CT molecular complexity index is 302. The van der Waals surface area contributed by atoms with Crippen LogP contribution in [0.15, 0.2) is 11.7 Å². The molecule has 0 aliphatic carbocycles. The zero-order chi connectivity index (χ0) is 11.8. The van der Waals surface area contributed by atoms with Gasteiger partial charge in [-0.3, -0.25) is 15.3 Å². The number of methoxy groups -OCH3 is 1. The Morgan fingerprint density at radius 3 is 3.00 bits per heavy atom. The van der Waals surface area contributed by atoms with E-state index in [1.807, 2.05) is 11.7 Å². The highest BCUT2D eigenvalue weighted by molar-refractivity contribution is 7.09. The number of nitrogens with two attached hydrogens (primary N) is 1. The highest BCUT2D eigenvalue weighted by Crippen LogP contribution is 2.09. The van der Waals surface area contributed by atoms with Crippen LogP contribution >= 0.6 is 11.3 Å². The summed E-state index contributed by atoms with van der Waals surface area (Å²) in [6.45, 7) is 3.18. The lowest BCUT2D eigenvalue weighted by atomic mass is 10.3. The van der Waals surface area contributed by atoms with Gasteiger partial charge in [-0.25, -0.2) is 0 Å². The molecule has 1 heterocycles. The van der Waals surface area contributed by atoms with Gasteiger partial charge >= 0.3 is 0 Å². The minimum atomic E-state index is 0.228. The van der Waals surface area contributed by atoms with E-state index in [-0.39, 0.29) is 5.84 Å². The van der Waals surface area contributed by atoms with Crippen LogP contribution in [0.4, 0.5) is 0 Å². The molecule has 90 valence electrons. The fourth-order valence-electron chi connectivity index (χ4n) is 1.31. The predicted octanol–water partition coefficient (Wildman–Crippen LogP) is 0.918. The van der Waals surface area contributed by atoms with Gasteiger partial charge in [0.05, 0.1) is 18.0 Å². The average Bonchev–Trinajstić information content (AvgIpc) is 2.74. The Hall–Kier alpha value is -0.980. The van der Waals surface area contributed by atoms with Gasteiger partial charge in [-0.05, 0) is 0 Å². The number of rotatable bonds is 8. The van der Waals surface area contributed by atoms with Crippen molar-refractivity contribution in [1.29, 1.82) is 5.41 Å². The molecular formula is C10H18N4OS. The summed E-state index contributed by atoms with van der Waals surface area (Å²) in [7, 11) is 1.69. The number of ether oxygens (including phenoxy) is 1. The fraction of sp³-hybridized carbons (Fsp3) is 0.600. The van der Waals surface area contributed by atoms with Gasteiger partial charge in [0.1, 0.15) is 0 Å². The van der Waals surface area contributed by atoms with E-state index in [4.69, 9.17) is 15.9 Å². The first-order valence-electron chi connectivity index (χ1n) is 5.14. The third kappa shape index (κ3) is 5.20. The minimum absolute atomic E-state index is 0.228. The molecule has 0 unspecified atom stereocenters. The van der Waals surface area contributed by atoms with E-state index in [0.717, 1.165) is 19.6 Å². The van der Waals surface area contributed by atoms with Gasteiger partial charge < -0.3 is 10.5 Å². The third-order valence-electron chi connectivity index (χ3n) is 2.17. The fourth-order valence-corrected chi connectivity index (χ4v) is 1.95. The first kappa shape index (κ1) is 13.1. The monoisotopic (exact) mass is 242 g/mol. The molecule has 0 aromatic carbocycles. The molecule has 16 heavy (non-hydrogen) atoms. The van der Waals surface area contributed by atoms with Crippen LogP contribution in [0.25, 0.3) is 0 Å². The molecule has 0 radical (unpaired) electrons. The van der Waals surface area contributed by atoms with E-state index in [9.17, 15) is 0 Å². The lowest BCUT2D eigenvalue weighted by Crippen LogP contribution is -2.30. The molecule has 0 aliphatic heterocycles. The highest BCUT2D eigenvalue weighted by atomic mass is 32.1. The summed E-state index contributed by atoms with van der Waals surface area (Å²) in [4.78, 5) is 7.49. The molecule has 0 fully saturated rings. The van der Waals surface area contributed by atoms with Gasteiger partial charge in [0.2, 0.25) is 0 Å². The van der Waals surface area contributed by atoms with E-state index in [0.29, 0.717) is 13.0 Å². The van der Waals surface area contributed by atoms with Gasteiger partial charge in [-0.1, -0.05) is 0 Å². The summed E-state index contributed by atoms with van der Waals surface area (Å²) in [5.74, 6) is 0.228. The first-order valence-corrected chi connectivity index (χ1v) is 6.02. The largest absolute Gasteiger partial charge is 0.388 e. The van der Waals surface area contributed by atoms with Crippen molar-refractivity contribution >= 4 is 17.2 Å². The summed E-state index contributed by atoms with van der Waals surface area (Å²) in [6.07, 6.45) is 2.47. The molecule has 0 saturated carbocycles. The second kappa shape index (κ2) is 7.32. The molecule has 0 bridgehead atoms. The normalized spacial score (nSPS) is 10.9. The maximum Gasteiger partial charge on any atom is 0.0918 e. The Morgan fingerprint density at radius 1 is 1.62 bits per heavy atom. The first-order chi connectivity index (χ1) is 7.72. The quantitative estimate of drug-likeness (QED) is 0.525. The van der Waals surface area contributed by atoms with Gasteiger partial charge in [-0.15, -0.1) is 11.3 Å². The van der Waals surface area contributed by atoms with Crippen LogP contribution in [-0.4, -0.2) is 42.5 Å². The summed E-state index contributed by atoms with van der Waals surface area (Å²) in [5.41, 5.74) is 7.19. The van der Waals surface area contributed by atoms with Crippen LogP contribution in [0.5, 0.6) is 0 Å². The molecule has 3 N–H and O–H groups in total. The van der Waals surface area contributed by atoms with Crippen molar-refractivity contribution < 1.29 is 4.74 Å². The van der Waals surface area contributed by atoms with E-state index < -0.39 is 0 Å². The highest BCUT2D eigenvalue weighted by Gasteiger charge is 2.07. The smallest absolute Gasteiger partial charge is 0.0918 e. The minimum Gasteiger partial charge on any atom is -0.388 e.